The van der Waals surface area contributed by atoms with E-state index in [1.807, 2.05) is 0 Å². The summed E-state index contributed by atoms with van der Waals surface area (Å²) < 4.78 is 5.57. The highest BCUT2D eigenvalue weighted by atomic mass is 16.5. The molecule has 1 saturated heterocycles. The molecule has 0 amide bonds. The van der Waals surface area contributed by atoms with Crippen molar-refractivity contribution >= 4 is 5.69 Å². The van der Waals surface area contributed by atoms with Gasteiger partial charge in [-0.25, -0.2) is 0 Å². The Hall–Kier alpha value is -1.80. The Kier molecular flexibility index (Phi) is 3.00. The molecule has 2 aromatic rings. The molecule has 2 nitrogen and oxygen atoms in total. The molecule has 0 atom stereocenters. The summed E-state index contributed by atoms with van der Waals surface area (Å²) in [6.45, 7) is 4.98. The minimum atomic E-state index is 0.285. The van der Waals surface area contributed by atoms with Crippen molar-refractivity contribution in [3.05, 3.63) is 53.6 Å². The maximum Gasteiger partial charge on any atom is 0.0475 e. The normalized spacial score (nSPS) is 19.3. The minimum Gasteiger partial charge on any atom is -0.384 e. The molecule has 0 unspecified atom stereocenters. The summed E-state index contributed by atoms with van der Waals surface area (Å²) in [4.78, 5) is 0. The average molecular weight is 279 g/mol. The lowest BCUT2D eigenvalue weighted by Crippen LogP contribution is -2.35. The summed E-state index contributed by atoms with van der Waals surface area (Å²) in [6.07, 6.45) is 2.26. The number of hydrogen-bond donors (Lipinski definition) is 1. The molecule has 2 heteroatoms. The minimum absolute atomic E-state index is 0.285. The fourth-order valence-corrected chi connectivity index (χ4v) is 3.71. The lowest BCUT2D eigenvalue weighted by atomic mass is 9.75. The first kappa shape index (κ1) is 12.9. The number of ether oxygens (including phenoxy) is 1. The number of benzene rings is 2. The van der Waals surface area contributed by atoms with Gasteiger partial charge in [-0.2, -0.15) is 0 Å². The molecule has 2 aliphatic heterocycles. The van der Waals surface area contributed by atoms with Gasteiger partial charge in [0.1, 0.15) is 0 Å². The van der Waals surface area contributed by atoms with Crippen LogP contribution in [0.3, 0.4) is 0 Å². The third kappa shape index (κ3) is 2.14. The second-order valence-electron chi connectivity index (χ2n) is 6.38. The average Bonchev–Trinajstić information content (AvgIpc) is 2.86. The molecule has 2 aliphatic rings. The maximum absolute atomic E-state index is 5.57. The van der Waals surface area contributed by atoms with E-state index in [2.05, 4.69) is 54.7 Å². The van der Waals surface area contributed by atoms with E-state index in [0.717, 1.165) is 32.6 Å². The highest BCUT2D eigenvalue weighted by molar-refractivity contribution is 5.72. The quantitative estimate of drug-likeness (QED) is 0.847. The van der Waals surface area contributed by atoms with Crippen molar-refractivity contribution in [2.75, 3.05) is 25.1 Å². The second-order valence-corrected chi connectivity index (χ2v) is 6.38. The fraction of sp³-hybridized carbons (Fsp3) is 0.368. The molecule has 0 saturated carbocycles. The van der Waals surface area contributed by atoms with E-state index in [0.29, 0.717) is 0 Å². The standard InChI is InChI=1S/C19H21NO/c1-14-3-2-4-15(11-14)16-5-6-18-17(12-16)19(13-20-18)7-9-21-10-8-19/h2-6,11-12,20H,7-10,13H2,1H3. The zero-order chi connectivity index (χ0) is 14.3. The molecule has 1 N–H and O–H groups in total. The van der Waals surface area contributed by atoms with Crippen LogP contribution in [0.25, 0.3) is 11.1 Å². The van der Waals surface area contributed by atoms with Gasteiger partial charge in [-0.3, -0.25) is 0 Å². The van der Waals surface area contributed by atoms with Gasteiger partial charge in [0.25, 0.3) is 0 Å². The van der Waals surface area contributed by atoms with Crippen LogP contribution < -0.4 is 5.32 Å². The zero-order valence-electron chi connectivity index (χ0n) is 12.5. The molecule has 0 aliphatic carbocycles. The third-order valence-corrected chi connectivity index (χ3v) is 5.01. The van der Waals surface area contributed by atoms with Crippen LogP contribution in [0.15, 0.2) is 42.5 Å². The van der Waals surface area contributed by atoms with E-state index in [9.17, 15) is 0 Å². The fourth-order valence-electron chi connectivity index (χ4n) is 3.71. The van der Waals surface area contributed by atoms with Gasteiger partial charge in [0.05, 0.1) is 0 Å². The number of rotatable bonds is 1. The third-order valence-electron chi connectivity index (χ3n) is 5.01. The van der Waals surface area contributed by atoms with Crippen LogP contribution in [-0.4, -0.2) is 19.8 Å². The molecule has 2 aromatic carbocycles. The number of nitrogens with one attached hydrogen (secondary N) is 1. The summed E-state index contributed by atoms with van der Waals surface area (Å²) in [5.41, 5.74) is 7.04. The van der Waals surface area contributed by atoms with Crippen LogP contribution in [0.1, 0.15) is 24.0 Å². The summed E-state index contributed by atoms with van der Waals surface area (Å²) >= 11 is 0. The molecule has 4 rings (SSSR count). The Morgan fingerprint density at radius 1 is 1.00 bits per heavy atom. The molecule has 0 radical (unpaired) electrons. The molecule has 2 heterocycles. The van der Waals surface area contributed by atoms with Gasteiger partial charge in [-0.15, -0.1) is 0 Å². The van der Waals surface area contributed by atoms with Gasteiger partial charge in [-0.05, 0) is 48.6 Å². The number of hydrogen-bond acceptors (Lipinski definition) is 2. The van der Waals surface area contributed by atoms with Gasteiger partial charge < -0.3 is 10.1 Å². The Bertz CT molecular complexity index is 666. The van der Waals surface area contributed by atoms with Crippen LogP contribution in [0.5, 0.6) is 0 Å². The number of anilines is 1. The Morgan fingerprint density at radius 2 is 1.81 bits per heavy atom. The molecule has 1 fully saturated rings. The largest absolute Gasteiger partial charge is 0.384 e. The van der Waals surface area contributed by atoms with E-state index >= 15 is 0 Å². The molecular weight excluding hydrogens is 258 g/mol. The van der Waals surface area contributed by atoms with Crippen molar-refractivity contribution in [2.45, 2.75) is 25.2 Å². The second kappa shape index (κ2) is 4.88. The maximum atomic E-state index is 5.57. The van der Waals surface area contributed by atoms with E-state index < -0.39 is 0 Å². The summed E-state index contributed by atoms with van der Waals surface area (Å²) in [7, 11) is 0. The van der Waals surface area contributed by atoms with E-state index in [1.54, 1.807) is 0 Å². The van der Waals surface area contributed by atoms with E-state index in [1.165, 1.54) is 27.9 Å². The number of fused-ring (bicyclic) bond motifs is 2. The van der Waals surface area contributed by atoms with Gasteiger partial charge >= 0.3 is 0 Å². The Morgan fingerprint density at radius 3 is 2.62 bits per heavy atom. The topological polar surface area (TPSA) is 21.3 Å². The molecule has 108 valence electrons. The molecule has 0 aromatic heterocycles. The molecule has 1 spiro atoms. The molecular formula is C19H21NO. The Balaban J connectivity index is 1.78. The predicted molar refractivity (Wildman–Crippen MR) is 86.8 cm³/mol. The van der Waals surface area contributed by atoms with Crippen molar-refractivity contribution in [1.29, 1.82) is 0 Å². The van der Waals surface area contributed by atoms with E-state index in [-0.39, 0.29) is 5.41 Å². The first-order valence-corrected chi connectivity index (χ1v) is 7.80. The zero-order valence-corrected chi connectivity index (χ0v) is 12.5. The summed E-state index contributed by atoms with van der Waals surface area (Å²) in [5, 5.41) is 3.60. The monoisotopic (exact) mass is 279 g/mol. The molecule has 21 heavy (non-hydrogen) atoms. The van der Waals surface area contributed by atoms with Crippen molar-refractivity contribution in [3.63, 3.8) is 0 Å². The van der Waals surface area contributed by atoms with Crippen LogP contribution in [0.2, 0.25) is 0 Å². The van der Waals surface area contributed by atoms with Gasteiger partial charge in [0.2, 0.25) is 0 Å². The summed E-state index contributed by atoms with van der Waals surface area (Å²) in [5.74, 6) is 0. The van der Waals surface area contributed by atoms with Crippen molar-refractivity contribution < 1.29 is 4.74 Å². The SMILES string of the molecule is Cc1cccc(-c2ccc3c(c2)C2(CCOCC2)CN3)c1. The highest BCUT2D eigenvalue weighted by Gasteiger charge is 2.40. The predicted octanol–water partition coefficient (Wildman–Crippen LogP) is 4.14. The van der Waals surface area contributed by atoms with Crippen molar-refractivity contribution in [3.8, 4) is 11.1 Å². The first-order valence-electron chi connectivity index (χ1n) is 7.80. The van der Waals surface area contributed by atoms with Gasteiger partial charge in [0, 0.05) is 30.9 Å². The Labute approximate surface area is 126 Å². The van der Waals surface area contributed by atoms with Crippen LogP contribution in [0, 0.1) is 6.92 Å². The molecule has 0 bridgehead atoms. The lowest BCUT2D eigenvalue weighted by molar-refractivity contribution is 0.0567. The first-order chi connectivity index (χ1) is 10.3. The van der Waals surface area contributed by atoms with Crippen LogP contribution in [0.4, 0.5) is 5.69 Å². The van der Waals surface area contributed by atoms with Gasteiger partial charge in [-0.1, -0.05) is 35.9 Å². The van der Waals surface area contributed by atoms with Crippen LogP contribution in [-0.2, 0) is 10.2 Å². The number of aryl methyl sites for hydroxylation is 1. The van der Waals surface area contributed by atoms with Crippen molar-refractivity contribution in [1.82, 2.24) is 0 Å². The lowest BCUT2D eigenvalue weighted by Gasteiger charge is -2.33. The smallest absolute Gasteiger partial charge is 0.0475 e. The van der Waals surface area contributed by atoms with Gasteiger partial charge in [0.15, 0.2) is 0 Å². The van der Waals surface area contributed by atoms with Crippen LogP contribution >= 0.6 is 0 Å². The summed E-state index contributed by atoms with van der Waals surface area (Å²) in [6, 6.07) is 15.6. The van der Waals surface area contributed by atoms with E-state index in [4.69, 9.17) is 4.74 Å². The highest BCUT2D eigenvalue weighted by Crippen LogP contribution is 2.45. The van der Waals surface area contributed by atoms with Crippen molar-refractivity contribution in [2.24, 2.45) is 0 Å².